The van der Waals surface area contributed by atoms with E-state index in [1.807, 2.05) is 13.8 Å². The number of nitrogens with one attached hydrogen (secondary N) is 2. The molecule has 0 spiro atoms. The Balaban J connectivity index is 2.36. The van der Waals surface area contributed by atoms with Gasteiger partial charge in [0.25, 0.3) is 0 Å². The minimum Gasteiger partial charge on any atom is -0.378 e. The van der Waals surface area contributed by atoms with Crippen LogP contribution in [0.1, 0.15) is 34.1 Å². The smallest absolute Gasteiger partial charge is 0.315 e. The fourth-order valence-corrected chi connectivity index (χ4v) is 2.43. The van der Waals surface area contributed by atoms with Gasteiger partial charge >= 0.3 is 6.03 Å². The molecule has 0 radical (unpaired) electrons. The first-order chi connectivity index (χ1) is 8.95. The Kier molecular flexibility index (Phi) is 6.17. The molecule has 108 valence electrons. The summed E-state index contributed by atoms with van der Waals surface area (Å²) in [6.07, 6.45) is 6.64. The van der Waals surface area contributed by atoms with Crippen LogP contribution >= 0.6 is 0 Å². The van der Waals surface area contributed by atoms with E-state index < -0.39 is 0 Å². The van der Waals surface area contributed by atoms with Gasteiger partial charge in [0.2, 0.25) is 0 Å². The molecule has 1 heterocycles. The van der Waals surface area contributed by atoms with Gasteiger partial charge in [-0.2, -0.15) is 0 Å². The third-order valence-electron chi connectivity index (χ3n) is 3.58. The Hall–Kier alpha value is -1.21. The molecule has 4 nitrogen and oxygen atoms in total. The highest BCUT2D eigenvalue weighted by Crippen LogP contribution is 2.25. The first-order valence-corrected chi connectivity index (χ1v) is 7.07. The third-order valence-corrected chi connectivity index (χ3v) is 3.58. The molecule has 1 aliphatic rings. The number of hydrogen-bond acceptors (Lipinski definition) is 2. The average Bonchev–Trinajstić information content (AvgIpc) is 2.81. The van der Waals surface area contributed by atoms with Gasteiger partial charge in [0, 0.05) is 19.1 Å². The second kappa shape index (κ2) is 7.40. The number of terminal acetylenes is 1. The summed E-state index contributed by atoms with van der Waals surface area (Å²) in [7, 11) is 0. The van der Waals surface area contributed by atoms with Crippen molar-refractivity contribution in [2.24, 2.45) is 17.8 Å². The number of carbonyl (C=O) groups excluding carboxylic acids is 1. The molecule has 4 heteroatoms. The van der Waals surface area contributed by atoms with E-state index in [9.17, 15) is 4.79 Å². The van der Waals surface area contributed by atoms with Gasteiger partial charge in [-0.3, -0.25) is 0 Å². The van der Waals surface area contributed by atoms with Crippen molar-refractivity contribution in [1.82, 2.24) is 10.6 Å². The first kappa shape index (κ1) is 15.8. The summed E-state index contributed by atoms with van der Waals surface area (Å²) in [6, 6.07) is -0.410. The van der Waals surface area contributed by atoms with E-state index in [0.29, 0.717) is 18.4 Å². The van der Waals surface area contributed by atoms with Gasteiger partial charge in [-0.1, -0.05) is 33.6 Å². The van der Waals surface area contributed by atoms with Gasteiger partial charge in [0.05, 0.1) is 12.1 Å². The lowest BCUT2D eigenvalue weighted by atomic mass is 9.93. The summed E-state index contributed by atoms with van der Waals surface area (Å²) in [5.41, 5.74) is 0. The van der Waals surface area contributed by atoms with Crippen LogP contribution in [-0.4, -0.2) is 31.3 Å². The molecule has 2 amide bonds. The van der Waals surface area contributed by atoms with Crippen molar-refractivity contribution in [3.63, 3.8) is 0 Å². The highest BCUT2D eigenvalue weighted by atomic mass is 16.5. The van der Waals surface area contributed by atoms with Gasteiger partial charge < -0.3 is 15.4 Å². The lowest BCUT2D eigenvalue weighted by Gasteiger charge is -2.23. The minimum absolute atomic E-state index is 0.189. The van der Waals surface area contributed by atoms with Crippen LogP contribution in [0.4, 0.5) is 4.79 Å². The molecule has 0 aromatic heterocycles. The fraction of sp³-hybridized carbons (Fsp3) is 0.800. The molecule has 1 fully saturated rings. The second-order valence-electron chi connectivity index (χ2n) is 5.87. The largest absolute Gasteiger partial charge is 0.378 e. The number of ether oxygens (including phenoxy) is 1. The van der Waals surface area contributed by atoms with Crippen LogP contribution in [0, 0.1) is 30.1 Å². The molecule has 1 rings (SSSR count). The summed E-state index contributed by atoms with van der Waals surface area (Å²) in [4.78, 5) is 11.8. The van der Waals surface area contributed by atoms with Crippen molar-refractivity contribution < 1.29 is 9.53 Å². The van der Waals surface area contributed by atoms with Crippen LogP contribution in [0.3, 0.4) is 0 Å². The molecule has 0 saturated carbocycles. The van der Waals surface area contributed by atoms with Crippen molar-refractivity contribution in [2.75, 3.05) is 13.2 Å². The fourth-order valence-electron chi connectivity index (χ4n) is 2.43. The summed E-state index contributed by atoms with van der Waals surface area (Å²) in [6.45, 7) is 9.71. The van der Waals surface area contributed by atoms with Crippen molar-refractivity contribution in [2.45, 2.75) is 46.3 Å². The van der Waals surface area contributed by atoms with Gasteiger partial charge in [-0.25, -0.2) is 4.79 Å². The van der Waals surface area contributed by atoms with Crippen molar-refractivity contribution in [3.8, 4) is 12.3 Å². The SMILES string of the molecule is C#C[C@H](NC(=O)NC[C@@H]1CCO[C@H]1C(C)C)C(C)C. The van der Waals surface area contributed by atoms with Crippen LogP contribution in [0.2, 0.25) is 0 Å². The summed E-state index contributed by atoms with van der Waals surface area (Å²) in [5.74, 6) is 3.70. The quantitative estimate of drug-likeness (QED) is 0.748. The summed E-state index contributed by atoms with van der Waals surface area (Å²) >= 11 is 0. The molecule has 0 bridgehead atoms. The summed E-state index contributed by atoms with van der Waals surface area (Å²) in [5, 5.41) is 5.71. The maximum Gasteiger partial charge on any atom is 0.315 e. The Bertz CT molecular complexity index is 334. The minimum atomic E-state index is -0.222. The molecule has 3 atom stereocenters. The van der Waals surface area contributed by atoms with E-state index in [-0.39, 0.29) is 24.1 Å². The molecule has 2 N–H and O–H groups in total. The van der Waals surface area contributed by atoms with Gasteiger partial charge in [-0.15, -0.1) is 6.42 Å². The maximum absolute atomic E-state index is 11.8. The number of urea groups is 1. The lowest BCUT2D eigenvalue weighted by Crippen LogP contribution is -2.46. The zero-order valence-corrected chi connectivity index (χ0v) is 12.4. The molecular formula is C15H26N2O2. The Morgan fingerprint density at radius 1 is 1.42 bits per heavy atom. The Morgan fingerprint density at radius 2 is 2.11 bits per heavy atom. The van der Waals surface area contributed by atoms with Crippen LogP contribution in [0.5, 0.6) is 0 Å². The maximum atomic E-state index is 11.8. The van der Waals surface area contributed by atoms with E-state index >= 15 is 0 Å². The highest BCUT2D eigenvalue weighted by molar-refractivity contribution is 5.74. The van der Waals surface area contributed by atoms with Crippen LogP contribution in [0.15, 0.2) is 0 Å². The van der Waals surface area contributed by atoms with Crippen LogP contribution in [-0.2, 0) is 4.74 Å². The summed E-state index contributed by atoms with van der Waals surface area (Å²) < 4.78 is 5.70. The first-order valence-electron chi connectivity index (χ1n) is 7.07. The van der Waals surface area contributed by atoms with Gasteiger partial charge in [0.1, 0.15) is 0 Å². The molecule has 0 unspecified atom stereocenters. The number of carbonyl (C=O) groups is 1. The van der Waals surface area contributed by atoms with E-state index in [4.69, 9.17) is 11.2 Å². The number of rotatable bonds is 5. The Labute approximate surface area is 116 Å². The van der Waals surface area contributed by atoms with Crippen molar-refractivity contribution >= 4 is 6.03 Å². The molecular weight excluding hydrogens is 240 g/mol. The molecule has 0 aliphatic carbocycles. The van der Waals surface area contributed by atoms with Crippen molar-refractivity contribution in [3.05, 3.63) is 0 Å². The molecule has 1 aliphatic heterocycles. The van der Waals surface area contributed by atoms with Crippen LogP contribution in [0.25, 0.3) is 0 Å². The third kappa shape index (κ3) is 4.76. The zero-order valence-electron chi connectivity index (χ0n) is 12.4. The van der Waals surface area contributed by atoms with Crippen LogP contribution < -0.4 is 10.6 Å². The predicted molar refractivity (Wildman–Crippen MR) is 76.7 cm³/mol. The van der Waals surface area contributed by atoms with Crippen molar-refractivity contribution in [1.29, 1.82) is 0 Å². The normalized spacial score (nSPS) is 24.3. The molecule has 19 heavy (non-hydrogen) atoms. The highest BCUT2D eigenvalue weighted by Gasteiger charge is 2.30. The standard InChI is InChI=1S/C15H26N2O2/c1-6-13(10(2)3)17-15(18)16-9-12-7-8-19-14(12)11(4)5/h1,10-14H,7-9H2,2-5H3,(H2,16,17,18)/t12-,13-,14-/m0/s1. The van der Waals surface area contributed by atoms with Gasteiger partial charge in [-0.05, 0) is 18.3 Å². The van der Waals surface area contributed by atoms with E-state index in [1.54, 1.807) is 0 Å². The van der Waals surface area contributed by atoms with E-state index in [1.165, 1.54) is 0 Å². The number of hydrogen-bond donors (Lipinski definition) is 2. The number of amides is 2. The topological polar surface area (TPSA) is 50.4 Å². The molecule has 0 aromatic carbocycles. The Morgan fingerprint density at radius 3 is 2.63 bits per heavy atom. The predicted octanol–water partition coefficient (Wildman–Crippen LogP) is 2.00. The average molecular weight is 266 g/mol. The van der Waals surface area contributed by atoms with Gasteiger partial charge in [0.15, 0.2) is 0 Å². The zero-order chi connectivity index (χ0) is 14.4. The lowest BCUT2D eigenvalue weighted by molar-refractivity contribution is 0.0545. The molecule has 0 aromatic rings. The van der Waals surface area contributed by atoms with E-state index in [2.05, 4.69) is 30.4 Å². The second-order valence-corrected chi connectivity index (χ2v) is 5.87. The monoisotopic (exact) mass is 266 g/mol. The van der Waals surface area contributed by atoms with E-state index in [0.717, 1.165) is 13.0 Å². The molecule has 1 saturated heterocycles.